The second-order valence-corrected chi connectivity index (χ2v) is 3.86. The Hall–Kier alpha value is -1.98. The van der Waals surface area contributed by atoms with Crippen LogP contribution >= 0.6 is 0 Å². The first kappa shape index (κ1) is 13.1. The molecule has 17 heavy (non-hydrogen) atoms. The highest BCUT2D eigenvalue weighted by Gasteiger charge is 2.17. The topological polar surface area (TPSA) is 82.8 Å². The molecule has 6 nitrogen and oxygen atoms in total. The lowest BCUT2D eigenvalue weighted by Crippen LogP contribution is -2.40. The van der Waals surface area contributed by atoms with E-state index >= 15 is 0 Å². The van der Waals surface area contributed by atoms with Crippen molar-refractivity contribution in [1.29, 1.82) is 0 Å². The van der Waals surface area contributed by atoms with Gasteiger partial charge in [0, 0.05) is 13.6 Å². The van der Waals surface area contributed by atoms with Gasteiger partial charge in [-0.1, -0.05) is 6.92 Å². The molecule has 1 aromatic heterocycles. The molecule has 0 aliphatic carbocycles. The predicted molar refractivity (Wildman–Crippen MR) is 60.4 cm³/mol. The second-order valence-electron chi connectivity index (χ2n) is 3.86. The van der Waals surface area contributed by atoms with E-state index in [1.807, 2.05) is 0 Å². The van der Waals surface area contributed by atoms with Crippen LogP contribution in [-0.2, 0) is 11.3 Å². The minimum absolute atomic E-state index is 0.166. The van der Waals surface area contributed by atoms with Crippen LogP contribution in [0, 0.1) is 5.92 Å². The molecule has 1 unspecified atom stereocenters. The van der Waals surface area contributed by atoms with Crippen LogP contribution in [0.25, 0.3) is 0 Å². The summed E-state index contributed by atoms with van der Waals surface area (Å²) in [4.78, 5) is 23.5. The fourth-order valence-electron chi connectivity index (χ4n) is 1.28. The van der Waals surface area contributed by atoms with Gasteiger partial charge in [0.05, 0.1) is 18.7 Å². The van der Waals surface area contributed by atoms with Gasteiger partial charge in [0.1, 0.15) is 5.76 Å². The summed E-state index contributed by atoms with van der Waals surface area (Å²) in [5, 5.41) is 11.3. The van der Waals surface area contributed by atoms with Gasteiger partial charge in [-0.15, -0.1) is 0 Å². The van der Waals surface area contributed by atoms with Crippen LogP contribution in [0.15, 0.2) is 22.8 Å². The molecule has 2 N–H and O–H groups in total. The molecule has 6 heteroatoms. The summed E-state index contributed by atoms with van der Waals surface area (Å²) >= 11 is 0. The number of carboxylic acid groups (broad SMARTS) is 1. The molecule has 0 saturated heterocycles. The number of hydrogen-bond acceptors (Lipinski definition) is 3. The number of furan rings is 1. The maximum atomic E-state index is 11.6. The molecule has 0 bridgehead atoms. The molecule has 2 amide bonds. The standard InChI is InChI=1S/C11H16N2O4/c1-8(10(14)15)7-13(2)11(16)12-6-9-4-3-5-17-9/h3-5,8H,6-7H2,1-2H3,(H,12,16)(H,14,15). The van der Waals surface area contributed by atoms with Crippen molar-refractivity contribution in [2.24, 2.45) is 5.92 Å². The quantitative estimate of drug-likeness (QED) is 0.808. The number of hydrogen-bond donors (Lipinski definition) is 2. The van der Waals surface area contributed by atoms with Crippen molar-refractivity contribution in [2.75, 3.05) is 13.6 Å². The zero-order chi connectivity index (χ0) is 12.8. The summed E-state index contributed by atoms with van der Waals surface area (Å²) in [6, 6.07) is 3.16. The van der Waals surface area contributed by atoms with Crippen molar-refractivity contribution in [3.8, 4) is 0 Å². The third-order valence-electron chi connectivity index (χ3n) is 2.31. The number of nitrogens with zero attached hydrogens (tertiary/aromatic N) is 1. The Balaban J connectivity index is 2.34. The van der Waals surface area contributed by atoms with Gasteiger partial charge in [-0.05, 0) is 12.1 Å². The summed E-state index contributed by atoms with van der Waals surface area (Å²) < 4.78 is 5.06. The zero-order valence-corrected chi connectivity index (χ0v) is 9.84. The van der Waals surface area contributed by atoms with Gasteiger partial charge in [0.2, 0.25) is 0 Å². The van der Waals surface area contributed by atoms with Crippen molar-refractivity contribution in [1.82, 2.24) is 10.2 Å². The molecule has 0 spiro atoms. The molecular weight excluding hydrogens is 224 g/mol. The molecule has 0 aliphatic rings. The molecular formula is C11H16N2O4. The number of urea groups is 1. The van der Waals surface area contributed by atoms with Gasteiger partial charge in [0.25, 0.3) is 0 Å². The lowest BCUT2D eigenvalue weighted by atomic mass is 10.2. The summed E-state index contributed by atoms with van der Waals surface area (Å²) in [5.41, 5.74) is 0. The SMILES string of the molecule is CC(CN(C)C(=O)NCc1ccco1)C(=O)O. The molecule has 1 heterocycles. The number of aliphatic carboxylic acids is 1. The number of nitrogens with one attached hydrogen (secondary N) is 1. The van der Waals surface area contributed by atoms with E-state index in [9.17, 15) is 9.59 Å². The summed E-state index contributed by atoms with van der Waals surface area (Å²) in [7, 11) is 1.55. The molecule has 0 radical (unpaired) electrons. The van der Waals surface area contributed by atoms with Crippen LogP contribution in [0.3, 0.4) is 0 Å². The fourth-order valence-corrected chi connectivity index (χ4v) is 1.28. The summed E-state index contributed by atoms with van der Waals surface area (Å²) in [5.74, 6) is -0.858. The van der Waals surface area contributed by atoms with Crippen LogP contribution in [0.1, 0.15) is 12.7 Å². The Morgan fingerprint density at radius 1 is 1.59 bits per heavy atom. The zero-order valence-electron chi connectivity index (χ0n) is 9.84. The van der Waals surface area contributed by atoms with E-state index in [0.29, 0.717) is 5.76 Å². The first-order valence-corrected chi connectivity index (χ1v) is 5.25. The van der Waals surface area contributed by atoms with Crippen molar-refractivity contribution >= 4 is 12.0 Å². The Morgan fingerprint density at radius 3 is 2.82 bits per heavy atom. The van der Waals surface area contributed by atoms with Crippen LogP contribution in [0.2, 0.25) is 0 Å². The molecule has 1 atom stereocenters. The van der Waals surface area contributed by atoms with E-state index < -0.39 is 11.9 Å². The smallest absolute Gasteiger partial charge is 0.317 e. The van der Waals surface area contributed by atoms with Gasteiger partial charge < -0.3 is 19.7 Å². The van der Waals surface area contributed by atoms with Crippen LogP contribution < -0.4 is 5.32 Å². The second kappa shape index (κ2) is 5.93. The maximum Gasteiger partial charge on any atom is 0.317 e. The molecule has 0 aromatic carbocycles. The number of carbonyl (C=O) groups is 2. The molecule has 94 valence electrons. The van der Waals surface area contributed by atoms with E-state index in [4.69, 9.17) is 9.52 Å². The van der Waals surface area contributed by atoms with Crippen molar-refractivity contribution in [3.05, 3.63) is 24.2 Å². The van der Waals surface area contributed by atoms with E-state index in [-0.39, 0.29) is 19.1 Å². The number of carboxylic acids is 1. The van der Waals surface area contributed by atoms with E-state index in [1.54, 1.807) is 26.1 Å². The van der Waals surface area contributed by atoms with Crippen LogP contribution in [0.4, 0.5) is 4.79 Å². The van der Waals surface area contributed by atoms with Gasteiger partial charge in [-0.25, -0.2) is 4.79 Å². The van der Waals surface area contributed by atoms with Crippen molar-refractivity contribution < 1.29 is 19.1 Å². The highest BCUT2D eigenvalue weighted by atomic mass is 16.4. The summed E-state index contributed by atoms with van der Waals surface area (Å²) in [6.45, 7) is 2.01. The minimum atomic E-state index is -0.921. The lowest BCUT2D eigenvalue weighted by molar-refractivity contribution is -0.141. The molecule has 1 aromatic rings. The van der Waals surface area contributed by atoms with Crippen LogP contribution in [0.5, 0.6) is 0 Å². The molecule has 0 saturated carbocycles. The normalized spacial score (nSPS) is 11.9. The van der Waals surface area contributed by atoms with Crippen molar-refractivity contribution in [3.63, 3.8) is 0 Å². The first-order valence-electron chi connectivity index (χ1n) is 5.25. The summed E-state index contributed by atoms with van der Waals surface area (Å²) in [6.07, 6.45) is 1.53. The monoisotopic (exact) mass is 240 g/mol. The Kier molecular flexibility index (Phi) is 4.56. The average molecular weight is 240 g/mol. The average Bonchev–Trinajstić information content (AvgIpc) is 2.78. The number of rotatable bonds is 5. The minimum Gasteiger partial charge on any atom is -0.481 e. The third kappa shape index (κ3) is 4.18. The van der Waals surface area contributed by atoms with Crippen LogP contribution in [-0.4, -0.2) is 35.6 Å². The Labute approximate surface area is 99.2 Å². The number of carbonyl (C=O) groups excluding carboxylic acids is 1. The largest absolute Gasteiger partial charge is 0.481 e. The van der Waals surface area contributed by atoms with Crippen molar-refractivity contribution in [2.45, 2.75) is 13.5 Å². The van der Waals surface area contributed by atoms with E-state index in [0.717, 1.165) is 0 Å². The Bertz CT molecular complexity index is 375. The third-order valence-corrected chi connectivity index (χ3v) is 2.31. The molecule has 0 fully saturated rings. The highest BCUT2D eigenvalue weighted by Crippen LogP contribution is 2.01. The van der Waals surface area contributed by atoms with Gasteiger partial charge >= 0.3 is 12.0 Å². The number of amides is 2. The van der Waals surface area contributed by atoms with E-state index in [2.05, 4.69) is 5.32 Å². The van der Waals surface area contributed by atoms with Gasteiger partial charge in [-0.3, -0.25) is 4.79 Å². The lowest BCUT2D eigenvalue weighted by Gasteiger charge is -2.19. The Morgan fingerprint density at radius 2 is 2.29 bits per heavy atom. The van der Waals surface area contributed by atoms with Gasteiger partial charge in [-0.2, -0.15) is 0 Å². The first-order chi connectivity index (χ1) is 8.00. The van der Waals surface area contributed by atoms with Gasteiger partial charge in [0.15, 0.2) is 0 Å². The maximum absolute atomic E-state index is 11.6. The fraction of sp³-hybridized carbons (Fsp3) is 0.455. The molecule has 0 aliphatic heterocycles. The highest BCUT2D eigenvalue weighted by molar-refractivity contribution is 5.75. The van der Waals surface area contributed by atoms with E-state index in [1.165, 1.54) is 11.2 Å². The predicted octanol–water partition coefficient (Wildman–Crippen LogP) is 1.14. The molecule has 1 rings (SSSR count).